The molecular weight excluding hydrogens is 682 g/mol. The van der Waals surface area contributed by atoms with Gasteiger partial charge in [-0.1, -0.05) is 12.1 Å². The maximum Gasteiger partial charge on any atom is 0.323 e. The first-order valence-electron chi connectivity index (χ1n) is 13.0. The summed E-state index contributed by atoms with van der Waals surface area (Å²) in [4.78, 5) is 36.2. The van der Waals surface area contributed by atoms with E-state index in [1.807, 2.05) is 30.3 Å². The Hall–Kier alpha value is -2.96. The van der Waals surface area contributed by atoms with Crippen molar-refractivity contribution in [1.29, 1.82) is 0 Å². The van der Waals surface area contributed by atoms with Crippen molar-refractivity contribution in [2.24, 2.45) is 5.41 Å². The highest BCUT2D eigenvalue weighted by molar-refractivity contribution is 9.12. The van der Waals surface area contributed by atoms with Crippen LogP contribution in [0.4, 0.5) is 5.69 Å². The molecule has 0 radical (unpaired) electrons. The Morgan fingerprint density at radius 3 is 2.15 bits per heavy atom. The van der Waals surface area contributed by atoms with Gasteiger partial charge in [0, 0.05) is 11.6 Å². The number of hydrogen-bond donors (Lipinski definition) is 0. The summed E-state index contributed by atoms with van der Waals surface area (Å²) in [5.74, 6) is -0.334. The van der Waals surface area contributed by atoms with Gasteiger partial charge in [-0.3, -0.25) is 19.7 Å². The minimum atomic E-state index is -1.45. The van der Waals surface area contributed by atoms with Crippen LogP contribution < -0.4 is 9.47 Å². The van der Waals surface area contributed by atoms with Gasteiger partial charge in [0.05, 0.1) is 37.9 Å². The van der Waals surface area contributed by atoms with E-state index in [1.165, 1.54) is 19.1 Å². The molecule has 0 aliphatic carbocycles. The number of ether oxygens (including phenoxy) is 4. The lowest BCUT2D eigenvalue weighted by molar-refractivity contribution is -0.386. The van der Waals surface area contributed by atoms with Gasteiger partial charge in [-0.15, -0.1) is 11.3 Å². The fraction of sp³-hybridized carbons (Fsp3) is 0.379. The van der Waals surface area contributed by atoms with Gasteiger partial charge in [-0.25, -0.2) is 0 Å². The number of rotatable bonds is 14. The molecule has 3 rings (SSSR count). The Balaban J connectivity index is 1.69. The third kappa shape index (κ3) is 8.30. The van der Waals surface area contributed by atoms with Crippen molar-refractivity contribution in [3.05, 3.63) is 71.8 Å². The molecule has 0 fully saturated rings. The average Bonchev–Trinajstić information content (AvgIpc) is 3.28. The van der Waals surface area contributed by atoms with Crippen LogP contribution in [0.25, 0.3) is 11.1 Å². The maximum atomic E-state index is 12.5. The predicted octanol–water partition coefficient (Wildman–Crippen LogP) is 8.28. The lowest BCUT2D eigenvalue weighted by atomic mass is 9.85. The van der Waals surface area contributed by atoms with Crippen molar-refractivity contribution < 1.29 is 33.5 Å². The van der Waals surface area contributed by atoms with Crippen molar-refractivity contribution in [1.82, 2.24) is 0 Å². The fourth-order valence-electron chi connectivity index (χ4n) is 4.12. The van der Waals surface area contributed by atoms with Crippen molar-refractivity contribution in [2.45, 2.75) is 46.6 Å². The summed E-state index contributed by atoms with van der Waals surface area (Å²) in [6, 6.07) is 14.0. The second-order valence-corrected chi connectivity index (χ2v) is 13.0. The third-order valence-electron chi connectivity index (χ3n) is 6.31. The summed E-state index contributed by atoms with van der Waals surface area (Å²) in [7, 11) is 0. The van der Waals surface area contributed by atoms with Gasteiger partial charge in [-0.2, -0.15) is 0 Å². The van der Waals surface area contributed by atoms with E-state index in [-0.39, 0.29) is 31.9 Å². The van der Waals surface area contributed by atoms with Crippen LogP contribution in [0.2, 0.25) is 0 Å². The van der Waals surface area contributed by atoms with Crippen molar-refractivity contribution in [2.75, 3.05) is 19.8 Å². The lowest BCUT2D eigenvalue weighted by Gasteiger charge is -2.24. The number of esters is 2. The quantitative estimate of drug-likeness (QED) is 0.0540. The van der Waals surface area contributed by atoms with Crippen LogP contribution in [0.15, 0.2) is 56.1 Å². The minimum Gasteiger partial charge on any atom is -0.494 e. The van der Waals surface area contributed by atoms with E-state index in [0.717, 1.165) is 18.7 Å². The molecule has 1 heterocycles. The van der Waals surface area contributed by atoms with E-state index < -0.39 is 28.4 Å². The van der Waals surface area contributed by atoms with Crippen molar-refractivity contribution >= 4 is 60.8 Å². The van der Waals surface area contributed by atoms with Gasteiger partial charge in [0.2, 0.25) is 0 Å². The number of nitro benzene ring substituents is 1. The zero-order chi connectivity index (χ0) is 30.2. The molecule has 0 N–H and O–H groups in total. The number of nitro groups is 1. The second kappa shape index (κ2) is 14.8. The van der Waals surface area contributed by atoms with Crippen molar-refractivity contribution in [3.8, 4) is 22.6 Å². The minimum absolute atomic E-state index is 0.0919. The molecule has 0 aliphatic heterocycles. The highest BCUT2D eigenvalue weighted by Gasteiger charge is 2.43. The monoisotopic (exact) mass is 711 g/mol. The largest absolute Gasteiger partial charge is 0.494 e. The smallest absolute Gasteiger partial charge is 0.323 e. The van der Waals surface area contributed by atoms with Gasteiger partial charge < -0.3 is 18.9 Å². The Bertz CT molecular complexity index is 1360. The molecule has 0 spiro atoms. The standard InChI is InChI=1S/C29H31Br2NO8S/c1-5-37-27(33)29(4,28(34)38-6-2)14-7-15-39-21-12-13-24(32(35)36)22(16-21)18(3)40-20-10-8-19(9-11-20)23-17-25(30)41-26(23)31/h8-13,16-18H,5-7,14-15H2,1-4H3. The van der Waals surface area contributed by atoms with Crippen LogP contribution in [-0.2, 0) is 19.1 Å². The van der Waals surface area contributed by atoms with Gasteiger partial charge in [0.25, 0.3) is 5.69 Å². The number of carbonyl (C=O) groups excluding carboxylic acids is 2. The molecule has 220 valence electrons. The molecule has 1 atom stereocenters. The van der Waals surface area contributed by atoms with Gasteiger partial charge in [-0.05, 0) is 108 Å². The molecule has 41 heavy (non-hydrogen) atoms. The first-order chi connectivity index (χ1) is 19.5. The van der Waals surface area contributed by atoms with Crippen LogP contribution >= 0.6 is 43.2 Å². The molecule has 0 saturated heterocycles. The molecule has 1 unspecified atom stereocenters. The van der Waals surface area contributed by atoms with Crippen molar-refractivity contribution in [3.63, 3.8) is 0 Å². The first kappa shape index (κ1) is 32.6. The van der Waals surface area contributed by atoms with Gasteiger partial charge in [0.1, 0.15) is 17.6 Å². The Morgan fingerprint density at radius 2 is 1.61 bits per heavy atom. The number of nitrogens with zero attached hydrogens (tertiary/aromatic N) is 1. The molecule has 3 aromatic rings. The number of thiophene rings is 1. The first-order valence-corrected chi connectivity index (χ1v) is 15.4. The van der Waals surface area contributed by atoms with E-state index in [0.29, 0.717) is 23.5 Å². The van der Waals surface area contributed by atoms with Crippen LogP contribution in [0.1, 0.15) is 52.2 Å². The van der Waals surface area contributed by atoms with Crippen LogP contribution in [-0.4, -0.2) is 36.7 Å². The zero-order valence-electron chi connectivity index (χ0n) is 23.1. The molecular formula is C29H31Br2NO8S. The molecule has 9 nitrogen and oxygen atoms in total. The fourth-order valence-corrected chi connectivity index (χ4v) is 6.98. The Morgan fingerprint density at radius 1 is 1.00 bits per heavy atom. The summed E-state index contributed by atoms with van der Waals surface area (Å²) in [5, 5.41) is 11.7. The summed E-state index contributed by atoms with van der Waals surface area (Å²) in [5.41, 5.74) is 0.855. The average molecular weight is 713 g/mol. The topological polar surface area (TPSA) is 114 Å². The summed E-state index contributed by atoms with van der Waals surface area (Å²) < 4.78 is 24.1. The van der Waals surface area contributed by atoms with E-state index in [1.54, 1.807) is 38.2 Å². The number of halogens is 2. The van der Waals surface area contributed by atoms with E-state index in [4.69, 9.17) is 18.9 Å². The van der Waals surface area contributed by atoms with E-state index >= 15 is 0 Å². The molecule has 0 aliphatic rings. The SMILES string of the molecule is CCOC(=O)C(C)(CCCOc1ccc([N+](=O)[O-])c(C(C)Oc2ccc(-c3cc(Br)sc3Br)cc2)c1)C(=O)OCC. The number of benzene rings is 2. The third-order valence-corrected chi connectivity index (χ3v) is 8.65. The summed E-state index contributed by atoms with van der Waals surface area (Å²) in [6.45, 7) is 7.02. The van der Waals surface area contributed by atoms with Crippen LogP contribution in [0.3, 0.4) is 0 Å². The van der Waals surface area contributed by atoms with E-state index in [2.05, 4.69) is 31.9 Å². The maximum absolute atomic E-state index is 12.5. The molecule has 0 bridgehead atoms. The zero-order valence-corrected chi connectivity index (χ0v) is 27.1. The number of carbonyl (C=O) groups is 2. The van der Waals surface area contributed by atoms with E-state index in [9.17, 15) is 19.7 Å². The molecule has 12 heteroatoms. The normalized spacial score (nSPS) is 12.0. The highest BCUT2D eigenvalue weighted by Crippen LogP contribution is 2.39. The predicted molar refractivity (Wildman–Crippen MR) is 163 cm³/mol. The van der Waals surface area contributed by atoms with Gasteiger partial charge in [0.15, 0.2) is 5.41 Å². The lowest BCUT2D eigenvalue weighted by Crippen LogP contribution is -2.39. The second-order valence-electron chi connectivity index (χ2n) is 9.23. The molecule has 0 amide bonds. The molecule has 0 saturated carbocycles. The number of hydrogen-bond acceptors (Lipinski definition) is 9. The summed E-state index contributed by atoms with van der Waals surface area (Å²) >= 11 is 8.64. The molecule has 1 aromatic heterocycles. The molecule has 2 aromatic carbocycles. The van der Waals surface area contributed by atoms with Gasteiger partial charge >= 0.3 is 11.9 Å². The van der Waals surface area contributed by atoms with Crippen LogP contribution in [0, 0.1) is 15.5 Å². The Labute approximate surface area is 259 Å². The Kier molecular flexibility index (Phi) is 11.7. The summed E-state index contributed by atoms with van der Waals surface area (Å²) in [6.07, 6.45) is -0.156. The van der Waals surface area contributed by atoms with Crippen LogP contribution in [0.5, 0.6) is 11.5 Å². The highest BCUT2D eigenvalue weighted by atomic mass is 79.9.